The maximum Gasteiger partial charge on any atom is 0.157 e. The van der Waals surface area contributed by atoms with E-state index < -0.39 is 6.10 Å². The molecule has 4 rings (SSSR count). The fourth-order valence-electron chi connectivity index (χ4n) is 3.20. The largest absolute Gasteiger partial charge is 0.482 e. The molecular formula is C19H21N5O2. The Morgan fingerprint density at radius 2 is 2.04 bits per heavy atom. The molecule has 2 atom stereocenters. The summed E-state index contributed by atoms with van der Waals surface area (Å²) < 4.78 is 7.75. The predicted molar refractivity (Wildman–Crippen MR) is 98.0 cm³/mol. The normalized spacial score (nSPS) is 19.7. The molecule has 3 heterocycles. The minimum atomic E-state index is -0.599. The van der Waals surface area contributed by atoms with Gasteiger partial charge in [0, 0.05) is 24.8 Å². The van der Waals surface area contributed by atoms with E-state index in [0.29, 0.717) is 18.8 Å². The molecule has 7 heteroatoms. The van der Waals surface area contributed by atoms with Gasteiger partial charge in [-0.2, -0.15) is 5.10 Å². The number of hydrogen-bond donors (Lipinski definition) is 1. The van der Waals surface area contributed by atoms with E-state index in [1.807, 2.05) is 54.5 Å². The molecule has 0 amide bonds. The van der Waals surface area contributed by atoms with Gasteiger partial charge in [-0.15, -0.1) is 0 Å². The standard InChI is InChI=1S/C19H21N5O2/c1-2-24-10-15(8-22-24)26-18-12-23(11-17(18)25)19-16(9-20-13-21-19)14-6-4-3-5-7-14/h3-10,13,17-18,25H,2,11-12H2,1H3/t17-,18-/m1/s1. The van der Waals surface area contributed by atoms with Crippen LogP contribution in [0.2, 0.25) is 0 Å². The number of ether oxygens (including phenoxy) is 1. The molecule has 1 aliphatic heterocycles. The number of aryl methyl sites for hydroxylation is 1. The first kappa shape index (κ1) is 16.5. The molecule has 1 saturated heterocycles. The van der Waals surface area contributed by atoms with E-state index in [1.165, 1.54) is 6.33 Å². The van der Waals surface area contributed by atoms with E-state index in [4.69, 9.17) is 4.74 Å². The van der Waals surface area contributed by atoms with Crippen LogP contribution in [0, 0.1) is 0 Å². The highest BCUT2D eigenvalue weighted by Crippen LogP contribution is 2.31. The highest BCUT2D eigenvalue weighted by atomic mass is 16.5. The monoisotopic (exact) mass is 351 g/mol. The number of aliphatic hydroxyl groups is 1. The number of aliphatic hydroxyl groups excluding tert-OH is 1. The van der Waals surface area contributed by atoms with Crippen molar-refractivity contribution in [1.29, 1.82) is 0 Å². The second-order valence-electron chi connectivity index (χ2n) is 6.29. The second kappa shape index (κ2) is 7.13. The van der Waals surface area contributed by atoms with Crippen molar-refractivity contribution in [3.8, 4) is 16.9 Å². The van der Waals surface area contributed by atoms with Crippen LogP contribution in [0.5, 0.6) is 5.75 Å². The number of aromatic nitrogens is 4. The van der Waals surface area contributed by atoms with Crippen LogP contribution >= 0.6 is 0 Å². The first-order valence-electron chi connectivity index (χ1n) is 8.72. The van der Waals surface area contributed by atoms with E-state index in [9.17, 15) is 5.11 Å². The predicted octanol–water partition coefficient (Wildman–Crippen LogP) is 1.99. The molecule has 0 unspecified atom stereocenters. The third-order valence-electron chi connectivity index (χ3n) is 4.53. The molecule has 26 heavy (non-hydrogen) atoms. The molecule has 2 aromatic heterocycles. The molecule has 0 radical (unpaired) electrons. The van der Waals surface area contributed by atoms with Gasteiger partial charge in [0.25, 0.3) is 0 Å². The van der Waals surface area contributed by atoms with Gasteiger partial charge < -0.3 is 14.7 Å². The Hall–Kier alpha value is -2.93. The van der Waals surface area contributed by atoms with Crippen molar-refractivity contribution < 1.29 is 9.84 Å². The molecule has 134 valence electrons. The Bertz CT molecular complexity index is 867. The van der Waals surface area contributed by atoms with Gasteiger partial charge in [0.05, 0.1) is 18.9 Å². The molecule has 1 N–H and O–H groups in total. The highest BCUT2D eigenvalue weighted by molar-refractivity contribution is 5.75. The molecule has 1 aromatic carbocycles. The number of anilines is 1. The van der Waals surface area contributed by atoms with Crippen LogP contribution in [0.25, 0.3) is 11.1 Å². The van der Waals surface area contributed by atoms with Crippen LogP contribution in [0.15, 0.2) is 55.2 Å². The molecule has 0 spiro atoms. The maximum absolute atomic E-state index is 10.5. The van der Waals surface area contributed by atoms with Crippen molar-refractivity contribution in [3.05, 3.63) is 55.2 Å². The maximum atomic E-state index is 10.5. The van der Waals surface area contributed by atoms with Crippen molar-refractivity contribution in [3.63, 3.8) is 0 Å². The topological polar surface area (TPSA) is 76.3 Å². The van der Waals surface area contributed by atoms with Gasteiger partial charge in [0.2, 0.25) is 0 Å². The summed E-state index contributed by atoms with van der Waals surface area (Å²) in [5.74, 6) is 1.48. The number of benzene rings is 1. The Kier molecular flexibility index (Phi) is 4.53. The lowest BCUT2D eigenvalue weighted by molar-refractivity contribution is 0.0737. The molecule has 1 aliphatic rings. The lowest BCUT2D eigenvalue weighted by Gasteiger charge is -2.20. The lowest BCUT2D eigenvalue weighted by atomic mass is 10.1. The molecule has 0 aliphatic carbocycles. The Morgan fingerprint density at radius 3 is 2.81 bits per heavy atom. The first-order valence-corrected chi connectivity index (χ1v) is 8.72. The zero-order valence-electron chi connectivity index (χ0n) is 14.6. The van der Waals surface area contributed by atoms with Gasteiger partial charge in [0.1, 0.15) is 24.4 Å². The lowest BCUT2D eigenvalue weighted by Crippen LogP contribution is -2.29. The molecule has 0 bridgehead atoms. The average Bonchev–Trinajstić information content (AvgIpc) is 3.29. The molecule has 0 saturated carbocycles. The summed E-state index contributed by atoms with van der Waals surface area (Å²) in [5.41, 5.74) is 1.99. The summed E-state index contributed by atoms with van der Waals surface area (Å²) in [5, 5.41) is 14.7. The third kappa shape index (κ3) is 3.25. The Morgan fingerprint density at radius 1 is 1.19 bits per heavy atom. The number of nitrogens with zero attached hydrogens (tertiary/aromatic N) is 5. The van der Waals surface area contributed by atoms with Gasteiger partial charge in [0.15, 0.2) is 5.75 Å². The van der Waals surface area contributed by atoms with Crippen molar-refractivity contribution in [1.82, 2.24) is 19.7 Å². The van der Waals surface area contributed by atoms with Crippen molar-refractivity contribution >= 4 is 5.82 Å². The summed E-state index contributed by atoms with van der Waals surface area (Å²) in [6.07, 6.45) is 5.94. The van der Waals surface area contributed by atoms with Gasteiger partial charge in [-0.3, -0.25) is 4.68 Å². The van der Waals surface area contributed by atoms with Crippen LogP contribution in [0.1, 0.15) is 6.92 Å². The van der Waals surface area contributed by atoms with E-state index in [-0.39, 0.29) is 6.10 Å². The third-order valence-corrected chi connectivity index (χ3v) is 4.53. The summed E-state index contributed by atoms with van der Waals surface area (Å²) >= 11 is 0. The van der Waals surface area contributed by atoms with E-state index in [0.717, 1.165) is 23.5 Å². The molecule has 1 fully saturated rings. The van der Waals surface area contributed by atoms with E-state index >= 15 is 0 Å². The zero-order chi connectivity index (χ0) is 17.9. The van der Waals surface area contributed by atoms with Crippen molar-refractivity contribution in [2.45, 2.75) is 25.7 Å². The van der Waals surface area contributed by atoms with Crippen LogP contribution in [-0.2, 0) is 6.54 Å². The fraction of sp³-hybridized carbons (Fsp3) is 0.316. The van der Waals surface area contributed by atoms with Crippen LogP contribution in [0.3, 0.4) is 0 Å². The minimum Gasteiger partial charge on any atom is -0.482 e. The quantitative estimate of drug-likeness (QED) is 0.758. The highest BCUT2D eigenvalue weighted by Gasteiger charge is 2.35. The molecule has 7 nitrogen and oxygen atoms in total. The van der Waals surface area contributed by atoms with Gasteiger partial charge in [-0.1, -0.05) is 30.3 Å². The number of β-amino-alcohol motifs (C(OH)–C–C–N with tert-alkyl or cyclic N) is 1. The van der Waals surface area contributed by atoms with Crippen LogP contribution in [-0.4, -0.2) is 50.2 Å². The average molecular weight is 351 g/mol. The van der Waals surface area contributed by atoms with Crippen LogP contribution in [0.4, 0.5) is 5.82 Å². The zero-order valence-corrected chi connectivity index (χ0v) is 14.6. The van der Waals surface area contributed by atoms with Crippen molar-refractivity contribution in [2.24, 2.45) is 0 Å². The number of hydrogen-bond acceptors (Lipinski definition) is 6. The van der Waals surface area contributed by atoms with Gasteiger partial charge >= 0.3 is 0 Å². The SMILES string of the molecule is CCn1cc(O[C@@H]2CN(c3ncncc3-c3ccccc3)C[C@H]2O)cn1. The summed E-state index contributed by atoms with van der Waals surface area (Å²) in [7, 11) is 0. The van der Waals surface area contributed by atoms with E-state index in [1.54, 1.807) is 10.9 Å². The van der Waals surface area contributed by atoms with E-state index in [2.05, 4.69) is 15.1 Å². The smallest absolute Gasteiger partial charge is 0.157 e. The Labute approximate surface area is 151 Å². The fourth-order valence-corrected chi connectivity index (χ4v) is 3.20. The summed E-state index contributed by atoms with van der Waals surface area (Å²) in [6, 6.07) is 10.0. The summed E-state index contributed by atoms with van der Waals surface area (Å²) in [4.78, 5) is 10.7. The van der Waals surface area contributed by atoms with Crippen LogP contribution < -0.4 is 9.64 Å². The second-order valence-corrected chi connectivity index (χ2v) is 6.29. The van der Waals surface area contributed by atoms with Gasteiger partial charge in [-0.25, -0.2) is 9.97 Å². The number of rotatable bonds is 5. The van der Waals surface area contributed by atoms with Crippen molar-refractivity contribution in [2.75, 3.05) is 18.0 Å². The molecule has 3 aromatic rings. The Balaban J connectivity index is 1.55. The first-order chi connectivity index (χ1) is 12.7. The molecular weight excluding hydrogens is 330 g/mol. The van der Waals surface area contributed by atoms with Gasteiger partial charge in [-0.05, 0) is 12.5 Å². The minimum absolute atomic E-state index is 0.330. The summed E-state index contributed by atoms with van der Waals surface area (Å²) in [6.45, 7) is 3.81.